The van der Waals surface area contributed by atoms with Gasteiger partial charge in [0.1, 0.15) is 0 Å². The van der Waals surface area contributed by atoms with Gasteiger partial charge in [-0.3, -0.25) is 0 Å². The molecule has 0 N–H and O–H groups in total. The molecule has 2 rings (SSSR count). The van der Waals surface area contributed by atoms with Crippen LogP contribution in [0.15, 0.2) is 70.3 Å². The van der Waals surface area contributed by atoms with Crippen LogP contribution in [0.4, 0.5) is 0 Å². The molecule has 0 bridgehead atoms. The number of nitriles is 2. The summed E-state index contributed by atoms with van der Waals surface area (Å²) in [5, 5.41) is 19.0. The Kier molecular flexibility index (Phi) is 7.34. The van der Waals surface area contributed by atoms with E-state index in [9.17, 15) is 8.42 Å². The van der Waals surface area contributed by atoms with Gasteiger partial charge in [-0.15, -0.1) is 0 Å². The van der Waals surface area contributed by atoms with Gasteiger partial charge in [0.05, 0.1) is 4.90 Å². The average molecular weight is 347 g/mol. The molecular formula is C17H14N3NaO2S. The summed E-state index contributed by atoms with van der Waals surface area (Å²) in [7, 11) is -3.56. The van der Waals surface area contributed by atoms with Crippen LogP contribution in [0.1, 0.15) is 13.3 Å². The van der Waals surface area contributed by atoms with Crippen LogP contribution in [0.25, 0.3) is 0 Å². The number of hydrogen-bond donors (Lipinski definition) is 0. The molecule has 0 aromatic heterocycles. The van der Waals surface area contributed by atoms with Gasteiger partial charge in [-0.2, -0.15) is 0 Å². The van der Waals surface area contributed by atoms with E-state index in [-0.39, 0.29) is 40.5 Å². The van der Waals surface area contributed by atoms with Crippen molar-refractivity contribution in [3.63, 3.8) is 0 Å². The SMILES string of the molecule is CCC1=CN([C-](C#N)C#N)C=C/C1=C\S(=O)(=O)c1ccccc1.[Na+]. The van der Waals surface area contributed by atoms with Crippen LogP contribution in [-0.2, 0) is 9.84 Å². The molecule has 24 heavy (non-hydrogen) atoms. The smallest absolute Gasteiger partial charge is 0.461 e. The Morgan fingerprint density at radius 1 is 1.21 bits per heavy atom. The van der Waals surface area contributed by atoms with Gasteiger partial charge in [-0.05, 0) is 48.2 Å². The van der Waals surface area contributed by atoms with Crippen LogP contribution < -0.4 is 29.6 Å². The molecule has 1 heterocycles. The summed E-state index contributed by atoms with van der Waals surface area (Å²) in [6.07, 6.45) is 5.27. The van der Waals surface area contributed by atoms with Crippen LogP contribution in [0, 0.1) is 28.7 Å². The van der Waals surface area contributed by atoms with E-state index < -0.39 is 9.84 Å². The molecule has 0 fully saturated rings. The zero-order valence-electron chi connectivity index (χ0n) is 13.5. The van der Waals surface area contributed by atoms with Gasteiger partial charge in [-0.25, -0.2) is 18.9 Å². The first-order valence-corrected chi connectivity index (χ1v) is 8.43. The average Bonchev–Trinajstić information content (AvgIpc) is 2.57. The van der Waals surface area contributed by atoms with Crippen LogP contribution >= 0.6 is 0 Å². The van der Waals surface area contributed by atoms with Crippen LogP contribution in [0.5, 0.6) is 0 Å². The summed E-state index contributed by atoms with van der Waals surface area (Å²) < 4.78 is 24.9. The van der Waals surface area contributed by atoms with Gasteiger partial charge in [0.2, 0.25) is 0 Å². The molecule has 0 unspecified atom stereocenters. The minimum absolute atomic E-state index is 0. The summed E-state index contributed by atoms with van der Waals surface area (Å²) in [5.74, 6) is 0. The van der Waals surface area contributed by atoms with Gasteiger partial charge in [0.15, 0.2) is 9.84 Å². The van der Waals surface area contributed by atoms with E-state index in [0.717, 1.165) is 5.57 Å². The number of benzene rings is 1. The summed E-state index contributed by atoms with van der Waals surface area (Å²) in [5.41, 5.74) is 1.28. The monoisotopic (exact) mass is 347 g/mol. The molecule has 7 heteroatoms. The largest absolute Gasteiger partial charge is 1.00 e. The van der Waals surface area contributed by atoms with E-state index in [2.05, 4.69) is 0 Å². The van der Waals surface area contributed by atoms with Crippen molar-refractivity contribution in [2.24, 2.45) is 0 Å². The Balaban J connectivity index is 0.00000288. The third-order valence-electron chi connectivity index (χ3n) is 3.29. The molecule has 0 saturated heterocycles. The van der Waals surface area contributed by atoms with Crippen molar-refractivity contribution in [2.75, 3.05) is 0 Å². The van der Waals surface area contributed by atoms with Gasteiger partial charge in [0, 0.05) is 5.41 Å². The number of allylic oxidation sites excluding steroid dienone is 3. The first kappa shape index (κ1) is 20.1. The third kappa shape index (κ3) is 4.53. The normalized spacial score (nSPS) is 15.0. The van der Waals surface area contributed by atoms with Gasteiger partial charge >= 0.3 is 29.6 Å². The van der Waals surface area contributed by atoms with Crippen molar-refractivity contribution in [1.29, 1.82) is 10.5 Å². The minimum atomic E-state index is -3.56. The van der Waals surface area contributed by atoms with Crippen molar-refractivity contribution in [1.82, 2.24) is 4.90 Å². The van der Waals surface area contributed by atoms with Crippen LogP contribution in [-0.4, -0.2) is 13.3 Å². The standard InChI is InChI=1S/C17H14N3O2S.Na/c1-2-14-12-20(16(10-18)11-19)9-8-15(14)13-23(21,22)17-6-4-3-5-7-17;/h3-9,12-13H,2H2,1H3;/q-1;+1/b15-13+;. The van der Waals surface area contributed by atoms with Gasteiger partial charge < -0.3 is 4.90 Å². The molecule has 0 radical (unpaired) electrons. The maximum atomic E-state index is 12.4. The summed E-state index contributed by atoms with van der Waals surface area (Å²) in [6, 6.07) is 11.7. The zero-order valence-corrected chi connectivity index (χ0v) is 16.3. The molecule has 1 aliphatic heterocycles. The van der Waals surface area contributed by atoms with Crippen LogP contribution in [0.3, 0.4) is 0 Å². The maximum Gasteiger partial charge on any atom is 1.00 e. The van der Waals surface area contributed by atoms with E-state index >= 15 is 0 Å². The number of nitrogens with zero attached hydrogens (tertiary/aromatic N) is 3. The summed E-state index contributed by atoms with van der Waals surface area (Å²) in [4.78, 5) is 1.62. The van der Waals surface area contributed by atoms with Gasteiger partial charge in [0.25, 0.3) is 0 Å². The Labute approximate surface area is 164 Å². The number of hydrogen-bond acceptors (Lipinski definition) is 5. The fraction of sp³-hybridized carbons (Fsp3) is 0.118. The molecule has 116 valence electrons. The molecule has 0 atom stereocenters. The Hall–Kier alpha value is -1.96. The van der Waals surface area contributed by atoms with Crippen molar-refractivity contribution in [2.45, 2.75) is 18.2 Å². The predicted molar refractivity (Wildman–Crippen MR) is 85.5 cm³/mol. The third-order valence-corrected chi connectivity index (χ3v) is 4.78. The van der Waals surface area contributed by atoms with E-state index in [1.54, 1.807) is 42.6 Å². The first-order valence-electron chi connectivity index (χ1n) is 6.88. The summed E-state index contributed by atoms with van der Waals surface area (Å²) >= 11 is 0. The van der Waals surface area contributed by atoms with E-state index in [4.69, 9.17) is 10.5 Å². The molecule has 0 aliphatic carbocycles. The molecule has 5 nitrogen and oxygen atoms in total. The van der Waals surface area contributed by atoms with Crippen molar-refractivity contribution < 1.29 is 38.0 Å². The molecule has 0 saturated carbocycles. The van der Waals surface area contributed by atoms with Crippen LogP contribution in [0.2, 0.25) is 0 Å². The number of sulfone groups is 1. The quantitative estimate of drug-likeness (QED) is 0.568. The van der Waals surface area contributed by atoms with Crippen molar-refractivity contribution in [3.05, 3.63) is 71.4 Å². The Morgan fingerprint density at radius 2 is 1.83 bits per heavy atom. The summed E-state index contributed by atoms with van der Waals surface area (Å²) in [6.45, 7) is 1.88. The molecule has 1 aromatic carbocycles. The zero-order chi connectivity index (χ0) is 16.9. The second kappa shape index (κ2) is 8.77. The fourth-order valence-corrected chi connectivity index (χ4v) is 3.33. The van der Waals surface area contributed by atoms with E-state index in [0.29, 0.717) is 12.0 Å². The number of rotatable bonds is 4. The maximum absolute atomic E-state index is 12.4. The van der Waals surface area contributed by atoms with E-state index in [1.807, 2.05) is 6.92 Å². The molecule has 1 aromatic rings. The molecule has 0 amide bonds. The second-order valence-corrected chi connectivity index (χ2v) is 6.53. The second-order valence-electron chi connectivity index (χ2n) is 4.73. The Bertz CT molecular complexity index is 845. The molecular weight excluding hydrogens is 333 g/mol. The van der Waals surface area contributed by atoms with E-state index in [1.165, 1.54) is 28.6 Å². The molecule has 0 spiro atoms. The van der Waals surface area contributed by atoms with Crippen molar-refractivity contribution in [3.8, 4) is 12.1 Å². The van der Waals surface area contributed by atoms with Crippen molar-refractivity contribution >= 4 is 9.84 Å². The predicted octanol–water partition coefficient (Wildman–Crippen LogP) is 0.0505. The topological polar surface area (TPSA) is 85.0 Å². The Morgan fingerprint density at radius 3 is 2.38 bits per heavy atom. The first-order chi connectivity index (χ1) is 11.0. The fourth-order valence-electron chi connectivity index (χ4n) is 2.09. The van der Waals surface area contributed by atoms with Gasteiger partial charge in [-0.1, -0.05) is 43.3 Å². The molecule has 1 aliphatic rings. The minimum Gasteiger partial charge on any atom is -0.461 e.